The second kappa shape index (κ2) is 7.14. The number of nitrogens with two attached hydrogens (primary N) is 1. The number of carboxylic acids is 1. The first kappa shape index (κ1) is 17.5. The predicted molar refractivity (Wildman–Crippen MR) is 87.2 cm³/mol. The normalized spacial score (nSPS) is 10.8. The van der Waals surface area contributed by atoms with Gasteiger partial charge in [-0.1, -0.05) is 6.07 Å². The summed E-state index contributed by atoms with van der Waals surface area (Å²) < 4.78 is 5.57. The Labute approximate surface area is 142 Å². The van der Waals surface area contributed by atoms with E-state index in [1.54, 1.807) is 30.4 Å². The fourth-order valence-corrected chi connectivity index (χ4v) is 2.12. The molecular weight excluding hydrogens is 326 g/mol. The van der Waals surface area contributed by atoms with Crippen molar-refractivity contribution in [1.82, 2.24) is 5.32 Å². The van der Waals surface area contributed by atoms with Crippen molar-refractivity contribution in [3.05, 3.63) is 52.8 Å². The molecule has 0 saturated carbocycles. The van der Waals surface area contributed by atoms with Gasteiger partial charge in [0.05, 0.1) is 5.56 Å². The van der Waals surface area contributed by atoms with Crippen LogP contribution in [-0.4, -0.2) is 23.0 Å². The second-order valence-electron chi connectivity index (χ2n) is 5.03. The van der Waals surface area contributed by atoms with E-state index in [-0.39, 0.29) is 16.9 Å². The molecule has 1 heterocycles. The van der Waals surface area contributed by atoms with Gasteiger partial charge in [0.1, 0.15) is 23.2 Å². The average molecular weight is 339 g/mol. The highest BCUT2D eigenvalue weighted by atomic mass is 16.4. The number of nitrogens with zero attached hydrogens (tertiary/aromatic N) is 1. The molecule has 8 heteroatoms. The Balaban J connectivity index is 2.32. The molecule has 0 aliphatic rings. The summed E-state index contributed by atoms with van der Waals surface area (Å²) in [6, 6.07) is 8.31. The lowest BCUT2D eigenvalue weighted by molar-refractivity contribution is -0.116. The highest BCUT2D eigenvalue weighted by molar-refractivity contribution is 6.08. The molecule has 2 rings (SSSR count). The number of carbonyl (C=O) groups excluding carboxylic acids is 2. The first-order valence-electron chi connectivity index (χ1n) is 6.98. The third-order valence-electron chi connectivity index (χ3n) is 3.25. The third kappa shape index (κ3) is 4.11. The minimum Gasteiger partial charge on any atom is -0.478 e. The summed E-state index contributed by atoms with van der Waals surface area (Å²) in [4.78, 5) is 33.3. The number of amides is 3. The van der Waals surface area contributed by atoms with Gasteiger partial charge in [-0.2, -0.15) is 5.26 Å². The van der Waals surface area contributed by atoms with Crippen LogP contribution in [0.4, 0.5) is 4.79 Å². The topological polar surface area (TPSA) is 146 Å². The minimum atomic E-state index is -1.07. The zero-order valence-corrected chi connectivity index (χ0v) is 13.1. The molecular formula is C17H13N3O5. The molecule has 0 atom stereocenters. The Kier molecular flexibility index (Phi) is 5.00. The second-order valence-corrected chi connectivity index (χ2v) is 5.03. The smallest absolute Gasteiger partial charge is 0.335 e. The SMILES string of the molecule is Cc1cc(C(=O)O)ccc1-c1ccc(/C=C(/C#N)C(=O)NC(N)=O)o1. The molecule has 1 aromatic carbocycles. The summed E-state index contributed by atoms with van der Waals surface area (Å²) in [6.07, 6.45) is 1.17. The zero-order chi connectivity index (χ0) is 18.6. The average Bonchev–Trinajstić information content (AvgIpc) is 2.99. The molecule has 4 N–H and O–H groups in total. The van der Waals surface area contributed by atoms with Gasteiger partial charge in [0.2, 0.25) is 0 Å². The fraction of sp³-hybridized carbons (Fsp3) is 0.0588. The van der Waals surface area contributed by atoms with Crippen molar-refractivity contribution < 1.29 is 23.9 Å². The number of nitriles is 1. The van der Waals surface area contributed by atoms with E-state index in [1.165, 1.54) is 24.3 Å². The van der Waals surface area contributed by atoms with E-state index in [9.17, 15) is 14.4 Å². The number of rotatable bonds is 4. The Morgan fingerprint density at radius 2 is 2.00 bits per heavy atom. The number of furan rings is 1. The number of aromatic carboxylic acids is 1. The molecule has 25 heavy (non-hydrogen) atoms. The number of aryl methyl sites for hydroxylation is 1. The lowest BCUT2D eigenvalue weighted by Crippen LogP contribution is -2.35. The summed E-state index contributed by atoms with van der Waals surface area (Å²) in [5.74, 6) is -1.31. The van der Waals surface area contributed by atoms with Gasteiger partial charge in [0.15, 0.2) is 0 Å². The molecule has 2 aromatic rings. The molecule has 0 radical (unpaired) electrons. The molecule has 0 unspecified atom stereocenters. The van der Waals surface area contributed by atoms with Gasteiger partial charge in [0.25, 0.3) is 5.91 Å². The highest BCUT2D eigenvalue weighted by Gasteiger charge is 2.14. The van der Waals surface area contributed by atoms with Gasteiger partial charge < -0.3 is 15.3 Å². The van der Waals surface area contributed by atoms with Crippen molar-refractivity contribution in [1.29, 1.82) is 5.26 Å². The van der Waals surface area contributed by atoms with E-state index in [1.807, 2.05) is 0 Å². The highest BCUT2D eigenvalue weighted by Crippen LogP contribution is 2.27. The van der Waals surface area contributed by atoms with Gasteiger partial charge in [-0.25, -0.2) is 9.59 Å². The van der Waals surface area contributed by atoms with Gasteiger partial charge in [-0.05, 0) is 36.8 Å². The number of hydrogen-bond acceptors (Lipinski definition) is 5. The van der Waals surface area contributed by atoms with Crippen molar-refractivity contribution in [3.63, 3.8) is 0 Å². The van der Waals surface area contributed by atoms with E-state index >= 15 is 0 Å². The van der Waals surface area contributed by atoms with E-state index in [0.717, 1.165) is 0 Å². The van der Waals surface area contributed by atoms with Crippen LogP contribution in [0.5, 0.6) is 0 Å². The molecule has 0 spiro atoms. The number of benzene rings is 1. The molecule has 0 aliphatic carbocycles. The number of urea groups is 1. The summed E-state index contributed by atoms with van der Waals surface area (Å²) in [5, 5.41) is 19.8. The van der Waals surface area contributed by atoms with E-state index in [4.69, 9.17) is 20.5 Å². The van der Waals surface area contributed by atoms with Gasteiger partial charge >= 0.3 is 12.0 Å². The van der Waals surface area contributed by atoms with Crippen molar-refractivity contribution >= 4 is 24.0 Å². The third-order valence-corrected chi connectivity index (χ3v) is 3.25. The van der Waals surface area contributed by atoms with Crippen LogP contribution in [0, 0.1) is 18.3 Å². The number of carboxylic acid groups (broad SMARTS) is 1. The molecule has 3 amide bonds. The molecule has 8 nitrogen and oxygen atoms in total. The number of carbonyl (C=O) groups is 3. The first-order valence-corrected chi connectivity index (χ1v) is 6.98. The molecule has 0 fully saturated rings. The van der Waals surface area contributed by atoms with Crippen LogP contribution in [0.3, 0.4) is 0 Å². The van der Waals surface area contributed by atoms with Crippen LogP contribution in [-0.2, 0) is 4.79 Å². The summed E-state index contributed by atoms with van der Waals surface area (Å²) in [6.45, 7) is 1.74. The maximum Gasteiger partial charge on any atom is 0.335 e. The number of hydrogen-bond donors (Lipinski definition) is 3. The van der Waals surface area contributed by atoms with Crippen molar-refractivity contribution in [2.24, 2.45) is 5.73 Å². The van der Waals surface area contributed by atoms with Crippen LogP contribution < -0.4 is 11.1 Å². The zero-order valence-electron chi connectivity index (χ0n) is 13.1. The standard InChI is InChI=1S/C17H13N3O5/c1-9-6-10(16(22)23)2-4-13(9)14-5-3-12(25-14)7-11(8-18)15(21)20-17(19)24/h2-7H,1H3,(H,22,23)(H3,19,20,21,24)/b11-7-. The fourth-order valence-electron chi connectivity index (χ4n) is 2.12. The van der Waals surface area contributed by atoms with Crippen molar-refractivity contribution in [2.75, 3.05) is 0 Å². The number of imide groups is 1. The molecule has 0 aliphatic heterocycles. The van der Waals surface area contributed by atoms with Gasteiger partial charge in [-0.3, -0.25) is 10.1 Å². The largest absolute Gasteiger partial charge is 0.478 e. The monoisotopic (exact) mass is 339 g/mol. The van der Waals surface area contributed by atoms with Crippen LogP contribution in [0.1, 0.15) is 21.7 Å². The maximum atomic E-state index is 11.6. The van der Waals surface area contributed by atoms with Crippen LogP contribution >= 0.6 is 0 Å². The lowest BCUT2D eigenvalue weighted by atomic mass is 10.0. The molecule has 1 aromatic heterocycles. The van der Waals surface area contributed by atoms with Crippen LogP contribution in [0.2, 0.25) is 0 Å². The maximum absolute atomic E-state index is 11.6. The van der Waals surface area contributed by atoms with Gasteiger partial charge in [0, 0.05) is 11.6 Å². The van der Waals surface area contributed by atoms with Crippen molar-refractivity contribution in [3.8, 4) is 17.4 Å². The summed E-state index contributed by atoms with van der Waals surface area (Å²) in [7, 11) is 0. The molecule has 0 saturated heterocycles. The van der Waals surface area contributed by atoms with E-state index in [2.05, 4.69) is 0 Å². The molecule has 0 bridgehead atoms. The first-order chi connectivity index (χ1) is 11.8. The minimum absolute atomic E-state index is 0.155. The Morgan fingerprint density at radius 3 is 2.56 bits per heavy atom. The Hall–Kier alpha value is -3.86. The van der Waals surface area contributed by atoms with E-state index < -0.39 is 17.9 Å². The number of primary amides is 1. The quantitative estimate of drug-likeness (QED) is 0.574. The summed E-state index contributed by atoms with van der Waals surface area (Å²) >= 11 is 0. The Bertz CT molecular complexity index is 934. The van der Waals surface area contributed by atoms with Crippen LogP contribution in [0.25, 0.3) is 17.4 Å². The van der Waals surface area contributed by atoms with E-state index in [0.29, 0.717) is 16.9 Å². The number of nitrogens with one attached hydrogen (secondary N) is 1. The lowest BCUT2D eigenvalue weighted by Gasteiger charge is -2.04. The Morgan fingerprint density at radius 1 is 1.28 bits per heavy atom. The van der Waals surface area contributed by atoms with Crippen LogP contribution in [0.15, 0.2) is 40.3 Å². The molecule has 126 valence electrons. The van der Waals surface area contributed by atoms with Gasteiger partial charge in [-0.15, -0.1) is 0 Å². The predicted octanol–water partition coefficient (Wildman–Crippen LogP) is 2.06. The summed E-state index contributed by atoms with van der Waals surface area (Å²) in [5.41, 5.74) is 6.01. The van der Waals surface area contributed by atoms with Crippen molar-refractivity contribution in [2.45, 2.75) is 6.92 Å².